The van der Waals surface area contributed by atoms with Crippen LogP contribution in [0.25, 0.3) is 0 Å². The molecule has 0 aliphatic rings. The van der Waals surface area contributed by atoms with Crippen molar-refractivity contribution >= 4 is 11.8 Å². The van der Waals surface area contributed by atoms with Gasteiger partial charge >= 0.3 is 5.97 Å². The molecule has 4 nitrogen and oxygen atoms in total. The predicted octanol–water partition coefficient (Wildman–Crippen LogP) is 3.11. The minimum atomic E-state index is -1.81. The Morgan fingerprint density at radius 2 is 1.40 bits per heavy atom. The number of carbonyl (C=O) groups is 2. The summed E-state index contributed by atoms with van der Waals surface area (Å²) in [6.07, 6.45) is -0.915. The van der Waals surface area contributed by atoms with Gasteiger partial charge in [0.15, 0.2) is 0 Å². The van der Waals surface area contributed by atoms with Crippen LogP contribution in [0.2, 0.25) is 0 Å². The summed E-state index contributed by atoms with van der Waals surface area (Å²) in [6, 6.07) is 9.98. The number of aliphatic hydroxyl groups is 1. The van der Waals surface area contributed by atoms with Crippen LogP contribution in [0.5, 0.6) is 0 Å². The van der Waals surface area contributed by atoms with Gasteiger partial charge in [-0.25, -0.2) is 8.78 Å². The third-order valence-electron chi connectivity index (χ3n) is 3.74. The van der Waals surface area contributed by atoms with Crippen molar-refractivity contribution < 1.29 is 28.2 Å². The van der Waals surface area contributed by atoms with Crippen LogP contribution in [0.4, 0.5) is 8.78 Å². The quantitative estimate of drug-likeness (QED) is 0.617. The van der Waals surface area contributed by atoms with E-state index in [0.29, 0.717) is 0 Å². The zero-order valence-corrected chi connectivity index (χ0v) is 13.7. The molecule has 132 valence electrons. The summed E-state index contributed by atoms with van der Waals surface area (Å²) in [7, 11) is 0. The molecule has 0 heterocycles. The molecule has 0 fully saturated rings. The number of benzene rings is 2. The summed E-state index contributed by atoms with van der Waals surface area (Å²) in [5, 5.41) is 11.1. The second-order valence-electron chi connectivity index (χ2n) is 5.57. The van der Waals surface area contributed by atoms with Crippen LogP contribution >= 0.6 is 0 Å². The molecule has 0 radical (unpaired) electrons. The van der Waals surface area contributed by atoms with Crippen molar-refractivity contribution in [2.24, 2.45) is 0 Å². The Kier molecular flexibility index (Phi) is 5.98. The summed E-state index contributed by atoms with van der Waals surface area (Å²) < 4.78 is 31.1. The van der Waals surface area contributed by atoms with Gasteiger partial charge in [0, 0.05) is 6.42 Å². The van der Waals surface area contributed by atoms with Gasteiger partial charge in [-0.3, -0.25) is 9.59 Å². The first-order valence-corrected chi connectivity index (χ1v) is 7.77. The summed E-state index contributed by atoms with van der Waals surface area (Å²) in [4.78, 5) is 23.7. The van der Waals surface area contributed by atoms with Gasteiger partial charge in [-0.15, -0.1) is 0 Å². The zero-order chi connectivity index (χ0) is 18.4. The van der Waals surface area contributed by atoms with E-state index in [4.69, 9.17) is 4.74 Å². The van der Waals surface area contributed by atoms with Crippen LogP contribution in [0.15, 0.2) is 48.5 Å². The highest BCUT2D eigenvalue weighted by Gasteiger charge is 2.35. The monoisotopic (exact) mass is 348 g/mol. The van der Waals surface area contributed by atoms with E-state index in [1.807, 2.05) is 0 Å². The van der Waals surface area contributed by atoms with Gasteiger partial charge in [-0.2, -0.15) is 0 Å². The van der Waals surface area contributed by atoms with E-state index in [1.165, 1.54) is 24.3 Å². The van der Waals surface area contributed by atoms with Gasteiger partial charge in [0.05, 0.1) is 6.61 Å². The first-order valence-electron chi connectivity index (χ1n) is 7.77. The van der Waals surface area contributed by atoms with Crippen molar-refractivity contribution in [3.8, 4) is 0 Å². The van der Waals surface area contributed by atoms with Crippen LogP contribution in [0.3, 0.4) is 0 Å². The molecular formula is C19H18F2O4. The maximum absolute atomic E-state index is 13.2. The molecule has 0 spiro atoms. The Bertz CT molecular complexity index is 694. The van der Waals surface area contributed by atoms with Crippen LogP contribution in [-0.2, 0) is 19.9 Å². The fraction of sp³-hybridized carbons (Fsp3) is 0.263. The fourth-order valence-corrected chi connectivity index (χ4v) is 2.54. The first-order chi connectivity index (χ1) is 11.8. The summed E-state index contributed by atoms with van der Waals surface area (Å²) in [5.41, 5.74) is -1.29. The molecule has 0 amide bonds. The molecule has 0 aliphatic heterocycles. The summed E-state index contributed by atoms with van der Waals surface area (Å²) in [6.45, 7) is 1.77. The molecule has 25 heavy (non-hydrogen) atoms. The SMILES string of the molecule is CCOC(=O)CC(=O)CC(O)(c1ccc(F)cc1)c1ccc(F)cc1. The standard InChI is InChI=1S/C19H18F2O4/c1-2-25-18(23)11-17(22)12-19(24,13-3-7-15(20)8-4-13)14-5-9-16(21)10-6-14/h3-10,24H,2,11-12H2,1H3. The van der Waals surface area contributed by atoms with E-state index in [0.717, 1.165) is 24.3 Å². The molecule has 0 saturated carbocycles. The molecule has 2 rings (SSSR count). The summed E-state index contributed by atoms with van der Waals surface area (Å²) >= 11 is 0. The minimum absolute atomic E-state index is 0.145. The average Bonchev–Trinajstić information content (AvgIpc) is 2.55. The highest BCUT2D eigenvalue weighted by atomic mass is 19.1. The van der Waals surface area contributed by atoms with Crippen molar-refractivity contribution in [3.63, 3.8) is 0 Å². The van der Waals surface area contributed by atoms with E-state index in [9.17, 15) is 23.5 Å². The summed E-state index contributed by atoms with van der Waals surface area (Å²) in [5.74, 6) is -2.23. The molecule has 6 heteroatoms. The molecule has 0 bridgehead atoms. The maximum Gasteiger partial charge on any atom is 0.313 e. The molecule has 0 saturated heterocycles. The Balaban J connectivity index is 2.35. The highest BCUT2D eigenvalue weighted by Crippen LogP contribution is 2.34. The molecule has 0 aromatic heterocycles. The fourth-order valence-electron chi connectivity index (χ4n) is 2.54. The minimum Gasteiger partial charge on any atom is -0.466 e. The van der Waals surface area contributed by atoms with Crippen molar-refractivity contribution in [3.05, 3.63) is 71.3 Å². The van der Waals surface area contributed by atoms with Crippen molar-refractivity contribution in [1.82, 2.24) is 0 Å². The lowest BCUT2D eigenvalue weighted by atomic mass is 9.82. The van der Waals surface area contributed by atoms with Gasteiger partial charge in [0.2, 0.25) is 0 Å². The van der Waals surface area contributed by atoms with Crippen LogP contribution in [-0.4, -0.2) is 23.5 Å². The second-order valence-corrected chi connectivity index (χ2v) is 5.57. The third-order valence-corrected chi connectivity index (χ3v) is 3.74. The lowest BCUT2D eigenvalue weighted by molar-refractivity contribution is -0.146. The molecule has 0 atom stereocenters. The number of esters is 1. The van der Waals surface area contributed by atoms with Gasteiger partial charge in [-0.1, -0.05) is 24.3 Å². The van der Waals surface area contributed by atoms with Crippen molar-refractivity contribution in [2.45, 2.75) is 25.4 Å². The predicted molar refractivity (Wildman–Crippen MR) is 86.7 cm³/mol. The van der Waals surface area contributed by atoms with Gasteiger partial charge in [0.25, 0.3) is 0 Å². The molecule has 0 aliphatic carbocycles. The van der Waals surface area contributed by atoms with Crippen LogP contribution < -0.4 is 0 Å². The van der Waals surface area contributed by atoms with E-state index < -0.39 is 41.8 Å². The highest BCUT2D eigenvalue weighted by molar-refractivity contribution is 5.96. The number of rotatable bonds is 7. The van der Waals surface area contributed by atoms with Crippen LogP contribution in [0, 0.1) is 11.6 Å². The van der Waals surface area contributed by atoms with Crippen LogP contribution in [0.1, 0.15) is 30.9 Å². The number of halogens is 2. The van der Waals surface area contributed by atoms with Crippen molar-refractivity contribution in [1.29, 1.82) is 0 Å². The molecule has 0 unspecified atom stereocenters. The number of hydrogen-bond donors (Lipinski definition) is 1. The Hall–Kier alpha value is -2.60. The average molecular weight is 348 g/mol. The Labute approximate surface area is 144 Å². The second kappa shape index (κ2) is 7.98. The van der Waals surface area contributed by atoms with Gasteiger partial charge in [-0.05, 0) is 42.3 Å². The number of carbonyl (C=O) groups excluding carboxylic acids is 2. The molecule has 2 aromatic rings. The molecule has 2 aromatic carbocycles. The van der Waals surface area contributed by atoms with Gasteiger partial charge < -0.3 is 9.84 Å². The Morgan fingerprint density at radius 1 is 0.960 bits per heavy atom. The van der Waals surface area contributed by atoms with E-state index >= 15 is 0 Å². The normalized spacial score (nSPS) is 11.2. The van der Waals surface area contributed by atoms with E-state index in [-0.39, 0.29) is 17.7 Å². The largest absolute Gasteiger partial charge is 0.466 e. The third kappa shape index (κ3) is 4.70. The molecular weight excluding hydrogens is 330 g/mol. The number of ketones is 1. The van der Waals surface area contributed by atoms with Gasteiger partial charge in [0.1, 0.15) is 29.4 Å². The number of hydrogen-bond acceptors (Lipinski definition) is 4. The molecule has 1 N–H and O–H groups in total. The first kappa shape index (κ1) is 18.7. The maximum atomic E-state index is 13.2. The van der Waals surface area contributed by atoms with Crippen molar-refractivity contribution in [2.75, 3.05) is 6.61 Å². The number of ether oxygens (including phenoxy) is 1. The topological polar surface area (TPSA) is 63.6 Å². The smallest absolute Gasteiger partial charge is 0.313 e. The van der Waals surface area contributed by atoms with E-state index in [2.05, 4.69) is 0 Å². The van der Waals surface area contributed by atoms with E-state index in [1.54, 1.807) is 6.92 Å². The number of Topliss-reactive ketones (excluding diaryl/α,β-unsaturated/α-hetero) is 1. The zero-order valence-electron chi connectivity index (χ0n) is 13.7. The Morgan fingerprint density at radius 3 is 1.80 bits per heavy atom. The lowest BCUT2D eigenvalue weighted by Gasteiger charge is -2.29. The lowest BCUT2D eigenvalue weighted by Crippen LogP contribution is -2.31.